The van der Waals surface area contributed by atoms with Crippen LogP contribution in [0.3, 0.4) is 0 Å². The lowest BCUT2D eigenvalue weighted by molar-refractivity contribution is -0.130. The van der Waals surface area contributed by atoms with Crippen LogP contribution in [0.2, 0.25) is 0 Å². The quantitative estimate of drug-likeness (QED) is 0.716. The maximum absolute atomic E-state index is 11.8. The lowest BCUT2D eigenvalue weighted by atomic mass is 10.3. The predicted octanol–water partition coefficient (Wildman–Crippen LogP) is 1.34. The zero-order chi connectivity index (χ0) is 11.3. The molecule has 3 nitrogen and oxygen atoms in total. The summed E-state index contributed by atoms with van der Waals surface area (Å²) in [6, 6.07) is 0.960. The molecule has 88 valence electrons. The topological polar surface area (TPSA) is 32.3 Å². The molecule has 0 aromatic rings. The van der Waals surface area contributed by atoms with E-state index in [0.717, 1.165) is 12.3 Å². The van der Waals surface area contributed by atoms with Gasteiger partial charge in [-0.2, -0.15) is 11.8 Å². The molecule has 0 bridgehead atoms. The van der Waals surface area contributed by atoms with E-state index in [9.17, 15) is 4.79 Å². The SMILES string of the molecule is CCN(C(=O)CNC(C)CSC)C1CC1. The summed E-state index contributed by atoms with van der Waals surface area (Å²) in [5.74, 6) is 1.32. The summed E-state index contributed by atoms with van der Waals surface area (Å²) in [4.78, 5) is 13.8. The van der Waals surface area contributed by atoms with Gasteiger partial charge < -0.3 is 10.2 Å². The van der Waals surface area contributed by atoms with E-state index < -0.39 is 0 Å². The van der Waals surface area contributed by atoms with Gasteiger partial charge in [-0.25, -0.2) is 0 Å². The van der Waals surface area contributed by atoms with Gasteiger partial charge in [0.1, 0.15) is 0 Å². The van der Waals surface area contributed by atoms with E-state index in [1.54, 1.807) is 11.8 Å². The fraction of sp³-hybridized carbons (Fsp3) is 0.909. The van der Waals surface area contributed by atoms with Crippen molar-refractivity contribution in [2.45, 2.75) is 38.8 Å². The van der Waals surface area contributed by atoms with Crippen LogP contribution in [0.1, 0.15) is 26.7 Å². The molecule has 1 saturated carbocycles. The number of nitrogens with zero attached hydrogens (tertiary/aromatic N) is 1. The Hall–Kier alpha value is -0.220. The first-order valence-corrected chi connectivity index (χ1v) is 7.10. The van der Waals surface area contributed by atoms with E-state index in [1.807, 2.05) is 4.90 Å². The predicted molar refractivity (Wildman–Crippen MR) is 66.3 cm³/mol. The summed E-state index contributed by atoms with van der Waals surface area (Å²) in [7, 11) is 0. The number of amides is 1. The maximum atomic E-state index is 11.8. The van der Waals surface area contributed by atoms with Gasteiger partial charge in [0.05, 0.1) is 6.54 Å². The van der Waals surface area contributed by atoms with Crippen molar-refractivity contribution in [2.24, 2.45) is 0 Å². The zero-order valence-corrected chi connectivity index (χ0v) is 10.8. The molecular formula is C11H22N2OS. The molecule has 0 aromatic heterocycles. The summed E-state index contributed by atoms with van der Waals surface area (Å²) in [5, 5.41) is 3.27. The van der Waals surface area contributed by atoms with Crippen LogP contribution in [-0.2, 0) is 4.79 Å². The summed E-state index contributed by atoms with van der Waals surface area (Å²) >= 11 is 1.81. The third-order valence-corrected chi connectivity index (χ3v) is 3.50. The molecule has 1 aliphatic rings. The van der Waals surface area contributed by atoms with E-state index in [1.165, 1.54) is 12.8 Å². The van der Waals surface area contributed by atoms with E-state index in [4.69, 9.17) is 0 Å². The summed E-state index contributed by atoms with van der Waals surface area (Å²) < 4.78 is 0. The molecule has 0 aromatic carbocycles. The van der Waals surface area contributed by atoms with Gasteiger partial charge in [0.2, 0.25) is 5.91 Å². The van der Waals surface area contributed by atoms with Gasteiger partial charge in [-0.15, -0.1) is 0 Å². The number of hydrogen-bond acceptors (Lipinski definition) is 3. The number of nitrogens with one attached hydrogen (secondary N) is 1. The maximum Gasteiger partial charge on any atom is 0.236 e. The highest BCUT2D eigenvalue weighted by Crippen LogP contribution is 2.26. The lowest BCUT2D eigenvalue weighted by Gasteiger charge is -2.21. The van der Waals surface area contributed by atoms with Crippen molar-refractivity contribution < 1.29 is 4.79 Å². The van der Waals surface area contributed by atoms with Crippen LogP contribution in [0.15, 0.2) is 0 Å². The number of carbonyl (C=O) groups excluding carboxylic acids is 1. The molecular weight excluding hydrogens is 208 g/mol. The van der Waals surface area contributed by atoms with Crippen LogP contribution in [0.25, 0.3) is 0 Å². The number of rotatable bonds is 7. The Balaban J connectivity index is 2.21. The molecule has 15 heavy (non-hydrogen) atoms. The van der Waals surface area contributed by atoms with Gasteiger partial charge in [-0.05, 0) is 32.9 Å². The van der Waals surface area contributed by atoms with Crippen molar-refractivity contribution in [1.82, 2.24) is 10.2 Å². The molecule has 0 radical (unpaired) electrons. The molecule has 1 amide bonds. The molecule has 1 N–H and O–H groups in total. The normalized spacial score (nSPS) is 17.5. The van der Waals surface area contributed by atoms with Crippen molar-refractivity contribution in [3.05, 3.63) is 0 Å². The number of carbonyl (C=O) groups is 1. The fourth-order valence-corrected chi connectivity index (χ4v) is 2.31. The second-order valence-corrected chi connectivity index (χ2v) is 5.06. The molecule has 0 saturated heterocycles. The number of thioether (sulfide) groups is 1. The molecule has 1 fully saturated rings. The van der Waals surface area contributed by atoms with Crippen LogP contribution < -0.4 is 5.32 Å². The van der Waals surface area contributed by atoms with Crippen molar-refractivity contribution in [3.8, 4) is 0 Å². The standard InChI is InChI=1S/C11H22N2OS/c1-4-13(10-5-6-10)11(14)7-12-9(2)8-15-3/h9-10,12H,4-8H2,1-3H3. The van der Waals surface area contributed by atoms with Gasteiger partial charge in [-0.3, -0.25) is 4.79 Å². The molecule has 1 unspecified atom stereocenters. The average molecular weight is 230 g/mol. The minimum absolute atomic E-state index is 0.257. The van der Waals surface area contributed by atoms with Crippen LogP contribution in [0, 0.1) is 0 Å². The second kappa shape index (κ2) is 6.38. The largest absolute Gasteiger partial charge is 0.339 e. The van der Waals surface area contributed by atoms with Crippen molar-refractivity contribution in [3.63, 3.8) is 0 Å². The van der Waals surface area contributed by atoms with E-state index >= 15 is 0 Å². The van der Waals surface area contributed by atoms with Gasteiger partial charge in [0.25, 0.3) is 0 Å². The first kappa shape index (κ1) is 12.8. The van der Waals surface area contributed by atoms with E-state index in [0.29, 0.717) is 18.6 Å². The highest BCUT2D eigenvalue weighted by Gasteiger charge is 2.30. The van der Waals surface area contributed by atoms with Crippen molar-refractivity contribution in [1.29, 1.82) is 0 Å². The molecule has 4 heteroatoms. The molecule has 0 spiro atoms. The fourth-order valence-electron chi connectivity index (χ4n) is 1.70. The Morgan fingerprint density at radius 2 is 2.27 bits per heavy atom. The van der Waals surface area contributed by atoms with Gasteiger partial charge in [0.15, 0.2) is 0 Å². The number of hydrogen-bond donors (Lipinski definition) is 1. The van der Waals surface area contributed by atoms with Crippen molar-refractivity contribution >= 4 is 17.7 Å². The highest BCUT2D eigenvalue weighted by atomic mass is 32.2. The Bertz CT molecular complexity index is 207. The van der Waals surface area contributed by atoms with Crippen LogP contribution in [0.5, 0.6) is 0 Å². The summed E-state index contributed by atoms with van der Waals surface area (Å²) in [5.41, 5.74) is 0. The van der Waals surface area contributed by atoms with Crippen molar-refractivity contribution in [2.75, 3.05) is 25.1 Å². The highest BCUT2D eigenvalue weighted by molar-refractivity contribution is 7.98. The number of likely N-dealkylation sites (N-methyl/N-ethyl adjacent to an activating group) is 1. The van der Waals surface area contributed by atoms with Gasteiger partial charge in [0, 0.05) is 24.4 Å². The first-order valence-electron chi connectivity index (χ1n) is 5.70. The summed E-state index contributed by atoms with van der Waals surface area (Å²) in [6.07, 6.45) is 4.47. The van der Waals surface area contributed by atoms with Gasteiger partial charge in [-0.1, -0.05) is 0 Å². The molecule has 1 aliphatic carbocycles. The minimum atomic E-state index is 0.257. The molecule has 1 atom stereocenters. The summed E-state index contributed by atoms with van der Waals surface area (Å²) in [6.45, 7) is 5.52. The monoisotopic (exact) mass is 230 g/mol. The van der Waals surface area contributed by atoms with Gasteiger partial charge >= 0.3 is 0 Å². The average Bonchev–Trinajstić information content (AvgIpc) is 3.00. The Morgan fingerprint density at radius 1 is 1.60 bits per heavy atom. The van der Waals surface area contributed by atoms with Crippen LogP contribution in [-0.4, -0.2) is 48.0 Å². The first-order chi connectivity index (χ1) is 7.19. The molecule has 0 aliphatic heterocycles. The molecule has 0 heterocycles. The van der Waals surface area contributed by atoms with E-state index in [-0.39, 0.29) is 5.91 Å². The Labute approximate surface area is 97.0 Å². The third kappa shape index (κ3) is 4.43. The zero-order valence-electron chi connectivity index (χ0n) is 9.95. The van der Waals surface area contributed by atoms with Crippen LogP contribution >= 0.6 is 11.8 Å². The van der Waals surface area contributed by atoms with Crippen LogP contribution in [0.4, 0.5) is 0 Å². The second-order valence-electron chi connectivity index (χ2n) is 4.15. The molecule has 1 rings (SSSR count). The Morgan fingerprint density at radius 3 is 2.73 bits per heavy atom. The smallest absolute Gasteiger partial charge is 0.236 e. The third-order valence-electron chi connectivity index (χ3n) is 2.67. The Kier molecular flexibility index (Phi) is 5.47. The lowest BCUT2D eigenvalue weighted by Crippen LogP contribution is -2.42. The van der Waals surface area contributed by atoms with E-state index in [2.05, 4.69) is 25.4 Å². The minimum Gasteiger partial charge on any atom is -0.339 e.